The maximum absolute atomic E-state index is 10.0. The van der Waals surface area contributed by atoms with Crippen LogP contribution in [0.15, 0.2) is 38.0 Å². The second-order valence-electron chi connectivity index (χ2n) is 3.79. The molecule has 0 rings (SSSR count). The van der Waals surface area contributed by atoms with E-state index in [0.29, 0.717) is 19.4 Å². The van der Waals surface area contributed by atoms with Crippen LogP contribution in [0.2, 0.25) is 0 Å². The van der Waals surface area contributed by atoms with Gasteiger partial charge in [-0.2, -0.15) is 0 Å². The van der Waals surface area contributed by atoms with Gasteiger partial charge in [0.15, 0.2) is 0 Å². The summed E-state index contributed by atoms with van der Waals surface area (Å²) in [6.07, 6.45) is 6.80. The summed E-state index contributed by atoms with van der Waals surface area (Å²) in [5, 5.41) is 10.0. The van der Waals surface area contributed by atoms with Crippen molar-refractivity contribution >= 4 is 0 Å². The van der Waals surface area contributed by atoms with Crippen molar-refractivity contribution in [2.45, 2.75) is 37.9 Å². The minimum absolute atomic E-state index is 0.440. The molecule has 2 atom stereocenters. The Morgan fingerprint density at radius 1 is 1.27 bits per heavy atom. The van der Waals surface area contributed by atoms with Crippen LogP contribution in [0, 0.1) is 0 Å². The van der Waals surface area contributed by atoms with E-state index >= 15 is 0 Å². The van der Waals surface area contributed by atoms with E-state index in [1.165, 1.54) is 0 Å². The summed E-state index contributed by atoms with van der Waals surface area (Å²) in [5.41, 5.74) is -0.570. The van der Waals surface area contributed by atoms with Gasteiger partial charge >= 0.3 is 0 Å². The molecule has 15 heavy (non-hydrogen) atoms. The zero-order chi connectivity index (χ0) is 11.7. The molecule has 0 aliphatic rings. The number of rotatable bonds is 9. The van der Waals surface area contributed by atoms with Crippen molar-refractivity contribution in [3.8, 4) is 0 Å². The van der Waals surface area contributed by atoms with Crippen LogP contribution in [-0.2, 0) is 4.74 Å². The van der Waals surface area contributed by atoms with Crippen LogP contribution in [0.5, 0.6) is 0 Å². The van der Waals surface area contributed by atoms with Crippen LogP contribution >= 0.6 is 0 Å². The number of aliphatic hydroxyl groups excluding tert-OH is 1. The fraction of sp³-hybridized carbons (Fsp3) is 0.538. The number of hydrogen-bond acceptors (Lipinski definition) is 2. The summed E-state index contributed by atoms with van der Waals surface area (Å²) in [5.74, 6) is 0. The molecule has 0 amide bonds. The third-order valence-corrected chi connectivity index (χ3v) is 2.43. The van der Waals surface area contributed by atoms with Crippen LogP contribution in [0.4, 0.5) is 0 Å². The van der Waals surface area contributed by atoms with Crippen molar-refractivity contribution in [3.63, 3.8) is 0 Å². The van der Waals surface area contributed by atoms with E-state index in [2.05, 4.69) is 19.7 Å². The van der Waals surface area contributed by atoms with E-state index in [-0.39, 0.29) is 0 Å². The Balaban J connectivity index is 4.36. The third kappa shape index (κ3) is 4.96. The molecule has 0 radical (unpaired) electrons. The van der Waals surface area contributed by atoms with Crippen molar-refractivity contribution < 1.29 is 9.84 Å². The van der Waals surface area contributed by atoms with Crippen LogP contribution in [0.1, 0.15) is 26.2 Å². The molecule has 0 unspecified atom stereocenters. The lowest BCUT2D eigenvalue weighted by Gasteiger charge is -2.33. The normalized spacial score (nSPS) is 16.4. The molecule has 0 heterocycles. The SMILES string of the molecule is C=CCC[C@H](O)[C@](C)(CC=C)OCC=C. The van der Waals surface area contributed by atoms with Gasteiger partial charge in [-0.25, -0.2) is 0 Å². The molecule has 1 N–H and O–H groups in total. The van der Waals surface area contributed by atoms with Gasteiger partial charge in [0.05, 0.1) is 18.3 Å². The molecule has 0 aliphatic heterocycles. The van der Waals surface area contributed by atoms with Gasteiger partial charge in [-0.15, -0.1) is 19.7 Å². The average Bonchev–Trinajstić information content (AvgIpc) is 2.23. The van der Waals surface area contributed by atoms with Gasteiger partial charge in [0, 0.05) is 0 Å². The minimum atomic E-state index is -0.570. The zero-order valence-electron chi connectivity index (χ0n) is 9.61. The fourth-order valence-corrected chi connectivity index (χ4v) is 1.41. The lowest BCUT2D eigenvalue weighted by Crippen LogP contribution is -2.41. The summed E-state index contributed by atoms with van der Waals surface area (Å²) in [6, 6.07) is 0. The van der Waals surface area contributed by atoms with Crippen molar-refractivity contribution in [3.05, 3.63) is 38.0 Å². The first-order chi connectivity index (χ1) is 7.10. The first kappa shape index (κ1) is 14.1. The second kappa shape index (κ2) is 7.43. The highest BCUT2D eigenvalue weighted by molar-refractivity contribution is 4.92. The fourth-order valence-electron chi connectivity index (χ4n) is 1.41. The molecular formula is C13H22O2. The number of aliphatic hydroxyl groups is 1. The van der Waals surface area contributed by atoms with Gasteiger partial charge in [0.2, 0.25) is 0 Å². The number of allylic oxidation sites excluding steroid dienone is 1. The van der Waals surface area contributed by atoms with Crippen molar-refractivity contribution in [2.24, 2.45) is 0 Å². The Labute approximate surface area is 93.0 Å². The first-order valence-corrected chi connectivity index (χ1v) is 5.25. The smallest absolute Gasteiger partial charge is 0.0950 e. The molecule has 86 valence electrons. The molecule has 0 aliphatic carbocycles. The van der Waals surface area contributed by atoms with E-state index in [0.717, 1.165) is 6.42 Å². The highest BCUT2D eigenvalue weighted by Gasteiger charge is 2.31. The Morgan fingerprint density at radius 3 is 2.40 bits per heavy atom. The lowest BCUT2D eigenvalue weighted by molar-refractivity contribution is -0.103. The van der Waals surface area contributed by atoms with E-state index in [9.17, 15) is 5.11 Å². The number of ether oxygens (including phenoxy) is 1. The third-order valence-electron chi connectivity index (χ3n) is 2.43. The summed E-state index contributed by atoms with van der Waals surface area (Å²) in [6.45, 7) is 13.2. The summed E-state index contributed by atoms with van der Waals surface area (Å²) in [4.78, 5) is 0. The highest BCUT2D eigenvalue weighted by Crippen LogP contribution is 2.24. The molecule has 0 saturated carbocycles. The zero-order valence-corrected chi connectivity index (χ0v) is 9.61. The monoisotopic (exact) mass is 210 g/mol. The van der Waals surface area contributed by atoms with Crippen LogP contribution in [0.3, 0.4) is 0 Å². The van der Waals surface area contributed by atoms with Gasteiger partial charge in [-0.05, 0) is 26.2 Å². The molecule has 2 nitrogen and oxygen atoms in total. The lowest BCUT2D eigenvalue weighted by atomic mass is 9.91. The van der Waals surface area contributed by atoms with Crippen LogP contribution < -0.4 is 0 Å². The predicted octanol–water partition coefficient (Wildman–Crippen LogP) is 2.85. The van der Waals surface area contributed by atoms with E-state index in [1.54, 1.807) is 18.2 Å². The Morgan fingerprint density at radius 2 is 1.93 bits per heavy atom. The molecule has 0 fully saturated rings. The first-order valence-electron chi connectivity index (χ1n) is 5.25. The molecule has 0 aromatic carbocycles. The molecule has 0 spiro atoms. The van der Waals surface area contributed by atoms with Gasteiger partial charge in [0.25, 0.3) is 0 Å². The topological polar surface area (TPSA) is 29.5 Å². The Kier molecular flexibility index (Phi) is 7.01. The molecular weight excluding hydrogens is 188 g/mol. The van der Waals surface area contributed by atoms with E-state index in [1.807, 2.05) is 6.92 Å². The van der Waals surface area contributed by atoms with Crippen LogP contribution in [0.25, 0.3) is 0 Å². The standard InChI is InChI=1S/C13H22O2/c1-5-8-9-12(14)13(4,10-6-2)15-11-7-3/h5-7,12,14H,1-3,8-11H2,4H3/t12-,13-/m0/s1. The van der Waals surface area contributed by atoms with Crippen LogP contribution in [-0.4, -0.2) is 23.4 Å². The van der Waals surface area contributed by atoms with Crippen molar-refractivity contribution in [2.75, 3.05) is 6.61 Å². The number of hydrogen-bond donors (Lipinski definition) is 1. The van der Waals surface area contributed by atoms with Gasteiger partial charge in [-0.3, -0.25) is 0 Å². The minimum Gasteiger partial charge on any atom is -0.390 e. The van der Waals surface area contributed by atoms with Crippen molar-refractivity contribution in [1.82, 2.24) is 0 Å². The maximum atomic E-state index is 10.0. The second-order valence-corrected chi connectivity index (χ2v) is 3.79. The summed E-state index contributed by atoms with van der Waals surface area (Å²) >= 11 is 0. The van der Waals surface area contributed by atoms with Gasteiger partial charge in [0.1, 0.15) is 0 Å². The Bertz CT molecular complexity index is 211. The molecule has 0 aromatic heterocycles. The quantitative estimate of drug-likeness (QED) is 0.593. The highest BCUT2D eigenvalue weighted by atomic mass is 16.5. The maximum Gasteiger partial charge on any atom is 0.0950 e. The van der Waals surface area contributed by atoms with Gasteiger partial charge in [-0.1, -0.05) is 18.2 Å². The molecule has 0 aromatic rings. The van der Waals surface area contributed by atoms with Crippen molar-refractivity contribution in [1.29, 1.82) is 0 Å². The Hall–Kier alpha value is -0.860. The average molecular weight is 210 g/mol. The molecule has 0 bridgehead atoms. The molecule has 2 heteroatoms. The van der Waals surface area contributed by atoms with E-state index in [4.69, 9.17) is 4.74 Å². The van der Waals surface area contributed by atoms with Gasteiger partial charge < -0.3 is 9.84 Å². The largest absolute Gasteiger partial charge is 0.390 e. The summed E-state index contributed by atoms with van der Waals surface area (Å²) in [7, 11) is 0. The van der Waals surface area contributed by atoms with E-state index < -0.39 is 11.7 Å². The molecule has 0 saturated heterocycles. The summed E-state index contributed by atoms with van der Waals surface area (Å²) < 4.78 is 5.60. The predicted molar refractivity (Wildman–Crippen MR) is 64.8 cm³/mol.